The van der Waals surface area contributed by atoms with Crippen molar-refractivity contribution < 1.29 is 18.3 Å². The number of hydrogen-bond donors (Lipinski definition) is 1. The number of nitrogen functional groups attached to an aromatic ring is 1. The molecule has 0 aliphatic rings. The molecule has 0 saturated heterocycles. The Labute approximate surface area is 157 Å². The summed E-state index contributed by atoms with van der Waals surface area (Å²) in [7, 11) is 1.61. The maximum Gasteiger partial charge on any atom is 0.159 e. The molecule has 2 N–H and O–H groups in total. The Kier molecular flexibility index (Phi) is 6.04. The first-order valence-corrected chi connectivity index (χ1v) is 8.62. The van der Waals surface area contributed by atoms with Crippen molar-refractivity contribution in [3.05, 3.63) is 95.1 Å². The van der Waals surface area contributed by atoms with E-state index < -0.39 is 11.6 Å². The van der Waals surface area contributed by atoms with Crippen molar-refractivity contribution in [1.29, 1.82) is 0 Å². The Morgan fingerprint density at radius 2 is 1.67 bits per heavy atom. The molecule has 0 radical (unpaired) electrons. The molecular formula is C22H21F2NO2. The van der Waals surface area contributed by atoms with E-state index in [1.165, 1.54) is 6.07 Å². The summed E-state index contributed by atoms with van der Waals surface area (Å²) in [6.07, 6.45) is 0.135. The number of ether oxygens (including phenoxy) is 2. The highest BCUT2D eigenvalue weighted by Crippen LogP contribution is 2.29. The first-order chi connectivity index (χ1) is 13.1. The molecule has 140 valence electrons. The topological polar surface area (TPSA) is 44.5 Å². The number of rotatable bonds is 7. The van der Waals surface area contributed by atoms with Crippen LogP contribution in [0.4, 0.5) is 14.5 Å². The van der Waals surface area contributed by atoms with Crippen molar-refractivity contribution >= 4 is 5.69 Å². The van der Waals surface area contributed by atoms with Gasteiger partial charge in [0.25, 0.3) is 0 Å². The molecule has 0 aliphatic heterocycles. The van der Waals surface area contributed by atoms with Crippen LogP contribution in [0.25, 0.3) is 0 Å². The third kappa shape index (κ3) is 4.83. The van der Waals surface area contributed by atoms with Crippen LogP contribution >= 0.6 is 0 Å². The lowest BCUT2D eigenvalue weighted by Gasteiger charge is -2.20. The van der Waals surface area contributed by atoms with Crippen LogP contribution in [-0.2, 0) is 11.2 Å². The van der Waals surface area contributed by atoms with Gasteiger partial charge in [-0.2, -0.15) is 0 Å². The normalized spacial score (nSPS) is 12.0. The van der Waals surface area contributed by atoms with Crippen molar-refractivity contribution in [2.75, 3.05) is 19.5 Å². The maximum absolute atomic E-state index is 13.4. The molecule has 0 fully saturated rings. The van der Waals surface area contributed by atoms with Gasteiger partial charge in [0.15, 0.2) is 11.6 Å². The lowest BCUT2D eigenvalue weighted by atomic mass is 10.0. The van der Waals surface area contributed by atoms with Gasteiger partial charge in [0.2, 0.25) is 0 Å². The largest absolute Gasteiger partial charge is 0.497 e. The lowest BCUT2D eigenvalue weighted by Crippen LogP contribution is -2.09. The van der Waals surface area contributed by atoms with Crippen molar-refractivity contribution in [2.24, 2.45) is 0 Å². The monoisotopic (exact) mass is 369 g/mol. The summed E-state index contributed by atoms with van der Waals surface area (Å²) in [5.41, 5.74) is 9.11. The first-order valence-electron chi connectivity index (χ1n) is 8.62. The van der Waals surface area contributed by atoms with E-state index in [2.05, 4.69) is 0 Å². The van der Waals surface area contributed by atoms with E-state index in [9.17, 15) is 8.78 Å². The third-order valence-corrected chi connectivity index (χ3v) is 4.29. The molecule has 0 heterocycles. The van der Waals surface area contributed by atoms with Crippen LogP contribution in [0, 0.1) is 11.6 Å². The molecule has 5 heteroatoms. The van der Waals surface area contributed by atoms with Gasteiger partial charge >= 0.3 is 0 Å². The summed E-state index contributed by atoms with van der Waals surface area (Å²) in [4.78, 5) is 0. The third-order valence-electron chi connectivity index (χ3n) is 4.29. The summed E-state index contributed by atoms with van der Waals surface area (Å²) >= 11 is 0. The summed E-state index contributed by atoms with van der Waals surface area (Å²) in [5.74, 6) is -0.947. The van der Waals surface area contributed by atoms with Crippen molar-refractivity contribution in [3.63, 3.8) is 0 Å². The van der Waals surface area contributed by atoms with E-state index in [0.29, 0.717) is 24.3 Å². The number of hydrogen-bond acceptors (Lipinski definition) is 3. The zero-order valence-corrected chi connectivity index (χ0v) is 15.0. The van der Waals surface area contributed by atoms with Crippen LogP contribution in [-0.4, -0.2) is 13.7 Å². The van der Waals surface area contributed by atoms with Crippen LogP contribution < -0.4 is 10.5 Å². The number of benzene rings is 3. The quantitative estimate of drug-likeness (QED) is 0.602. The predicted molar refractivity (Wildman–Crippen MR) is 102 cm³/mol. The van der Waals surface area contributed by atoms with E-state index in [0.717, 1.165) is 22.9 Å². The van der Waals surface area contributed by atoms with Crippen LogP contribution in [0.1, 0.15) is 22.8 Å². The highest BCUT2D eigenvalue weighted by atomic mass is 19.2. The molecule has 0 saturated carbocycles. The van der Waals surface area contributed by atoms with Gasteiger partial charge in [-0.3, -0.25) is 0 Å². The molecule has 3 aromatic rings. The minimum Gasteiger partial charge on any atom is -0.497 e. The number of nitrogens with two attached hydrogens (primary N) is 1. The van der Waals surface area contributed by atoms with E-state index in [-0.39, 0.29) is 6.10 Å². The predicted octanol–water partition coefficient (Wildman–Crippen LogP) is 4.90. The summed E-state index contributed by atoms with van der Waals surface area (Å²) in [6.45, 7) is 0.344. The minimum absolute atomic E-state index is 0.329. The summed E-state index contributed by atoms with van der Waals surface area (Å²) < 4.78 is 37.7. The van der Waals surface area contributed by atoms with E-state index >= 15 is 0 Å². The molecule has 0 aliphatic carbocycles. The average molecular weight is 369 g/mol. The molecule has 0 spiro atoms. The van der Waals surface area contributed by atoms with Crippen molar-refractivity contribution in [1.82, 2.24) is 0 Å². The fraction of sp³-hybridized carbons (Fsp3) is 0.182. The number of methoxy groups -OCH3 is 1. The Balaban J connectivity index is 1.77. The fourth-order valence-electron chi connectivity index (χ4n) is 2.88. The van der Waals surface area contributed by atoms with Crippen LogP contribution in [0.5, 0.6) is 5.75 Å². The molecule has 1 atom stereocenters. The van der Waals surface area contributed by atoms with Gasteiger partial charge in [-0.05, 0) is 59.5 Å². The summed E-state index contributed by atoms with van der Waals surface area (Å²) in [5, 5.41) is 0. The van der Waals surface area contributed by atoms with Gasteiger partial charge in [-0.1, -0.05) is 30.3 Å². The molecule has 3 nitrogen and oxygen atoms in total. The zero-order valence-electron chi connectivity index (χ0n) is 15.0. The Hall–Kier alpha value is -2.92. The standard InChI is InChI=1S/C22H21F2NO2/c1-26-19-8-6-16(7-9-19)22(17-3-2-4-18(25)14-17)27-12-11-15-5-10-20(23)21(24)13-15/h2-10,13-14,22H,11-12,25H2,1H3. The summed E-state index contributed by atoms with van der Waals surface area (Å²) in [6, 6.07) is 19.0. The van der Waals surface area contributed by atoms with Crippen LogP contribution in [0.15, 0.2) is 66.7 Å². The molecule has 0 amide bonds. The smallest absolute Gasteiger partial charge is 0.159 e. The van der Waals surface area contributed by atoms with Gasteiger partial charge in [-0.15, -0.1) is 0 Å². The first kappa shape index (κ1) is 18.9. The van der Waals surface area contributed by atoms with Crippen molar-refractivity contribution in [2.45, 2.75) is 12.5 Å². The molecule has 27 heavy (non-hydrogen) atoms. The average Bonchev–Trinajstić information content (AvgIpc) is 2.68. The van der Waals surface area contributed by atoms with Crippen molar-refractivity contribution in [3.8, 4) is 5.75 Å². The second-order valence-electron chi connectivity index (χ2n) is 6.19. The van der Waals surface area contributed by atoms with Gasteiger partial charge in [0.05, 0.1) is 13.7 Å². The molecular weight excluding hydrogens is 348 g/mol. The zero-order chi connectivity index (χ0) is 19.2. The highest BCUT2D eigenvalue weighted by molar-refractivity contribution is 5.44. The fourth-order valence-corrected chi connectivity index (χ4v) is 2.88. The minimum atomic E-state index is -0.852. The van der Waals surface area contributed by atoms with E-state index in [1.807, 2.05) is 48.5 Å². The van der Waals surface area contributed by atoms with Gasteiger partial charge < -0.3 is 15.2 Å². The molecule has 1 unspecified atom stereocenters. The van der Waals surface area contributed by atoms with Gasteiger partial charge in [0.1, 0.15) is 11.9 Å². The molecule has 0 bridgehead atoms. The van der Waals surface area contributed by atoms with Gasteiger partial charge in [0, 0.05) is 5.69 Å². The van der Waals surface area contributed by atoms with E-state index in [4.69, 9.17) is 15.2 Å². The Morgan fingerprint density at radius 3 is 2.33 bits per heavy atom. The Morgan fingerprint density at radius 1 is 0.889 bits per heavy atom. The number of halogens is 2. The lowest BCUT2D eigenvalue weighted by molar-refractivity contribution is 0.0825. The maximum atomic E-state index is 13.4. The molecule has 0 aromatic heterocycles. The SMILES string of the molecule is COc1ccc(C(OCCc2ccc(F)c(F)c2)c2cccc(N)c2)cc1. The molecule has 3 rings (SSSR count). The Bertz CT molecular complexity index is 897. The number of anilines is 1. The molecule has 3 aromatic carbocycles. The van der Waals surface area contributed by atoms with E-state index in [1.54, 1.807) is 13.2 Å². The van der Waals surface area contributed by atoms with Crippen LogP contribution in [0.3, 0.4) is 0 Å². The second kappa shape index (κ2) is 8.64. The van der Waals surface area contributed by atoms with Crippen LogP contribution in [0.2, 0.25) is 0 Å². The second-order valence-corrected chi connectivity index (χ2v) is 6.19. The highest BCUT2D eigenvalue weighted by Gasteiger charge is 2.15. The van der Waals surface area contributed by atoms with Gasteiger partial charge in [-0.25, -0.2) is 8.78 Å².